The molecule has 0 aliphatic heterocycles. The number of benzene rings is 1. The molecule has 0 spiro atoms. The van der Waals surface area contributed by atoms with Gasteiger partial charge >= 0.3 is 5.97 Å². The fraction of sp³-hybridized carbons (Fsp3) is 0.0833. The van der Waals surface area contributed by atoms with Crippen molar-refractivity contribution in [1.29, 1.82) is 0 Å². The normalized spacial score (nSPS) is 11.1. The van der Waals surface area contributed by atoms with Gasteiger partial charge in [0.2, 0.25) is 5.91 Å². The van der Waals surface area contributed by atoms with Crippen LogP contribution in [0.2, 0.25) is 5.02 Å². The minimum absolute atomic E-state index is 0.190. The van der Waals surface area contributed by atoms with Crippen LogP contribution < -0.4 is 11.1 Å². The minimum Gasteiger partial charge on any atom is -0.465 e. The number of anilines is 1. The first kappa shape index (κ1) is 22.0. The van der Waals surface area contributed by atoms with Crippen LogP contribution in [0.1, 0.15) is 21.7 Å². The van der Waals surface area contributed by atoms with Crippen LogP contribution in [0.15, 0.2) is 65.4 Å². The first-order valence-corrected chi connectivity index (χ1v) is 10.2. The smallest absolute Gasteiger partial charge is 0.339 e. The van der Waals surface area contributed by atoms with Crippen molar-refractivity contribution in [3.8, 4) is 11.3 Å². The fourth-order valence-corrected chi connectivity index (χ4v) is 3.39. The molecule has 8 nitrogen and oxygen atoms in total. The van der Waals surface area contributed by atoms with Crippen LogP contribution in [0, 0.1) is 0 Å². The fourth-order valence-electron chi connectivity index (χ4n) is 3.12. The number of rotatable bonds is 6. The monoisotopic (exact) mass is 462 g/mol. The van der Waals surface area contributed by atoms with Gasteiger partial charge in [-0.1, -0.05) is 11.6 Å². The molecule has 0 fully saturated rings. The van der Waals surface area contributed by atoms with E-state index in [0.29, 0.717) is 33.4 Å². The predicted octanol–water partition coefficient (Wildman–Crippen LogP) is 4.24. The van der Waals surface area contributed by atoms with Crippen molar-refractivity contribution in [2.45, 2.75) is 6.54 Å². The van der Waals surface area contributed by atoms with Crippen LogP contribution in [0.5, 0.6) is 0 Å². The molecular formula is C24H19ClN4O4. The van der Waals surface area contributed by atoms with E-state index in [4.69, 9.17) is 21.8 Å². The van der Waals surface area contributed by atoms with E-state index < -0.39 is 5.97 Å². The number of aromatic nitrogens is 2. The number of pyridine rings is 2. The molecule has 0 aliphatic carbocycles. The maximum atomic E-state index is 12.1. The number of amides is 1. The Morgan fingerprint density at radius 2 is 2.00 bits per heavy atom. The second kappa shape index (κ2) is 9.54. The summed E-state index contributed by atoms with van der Waals surface area (Å²) in [6, 6.07) is 12.2. The third-order valence-electron chi connectivity index (χ3n) is 4.78. The minimum atomic E-state index is -0.455. The molecule has 9 heteroatoms. The quantitative estimate of drug-likeness (QED) is 0.324. The summed E-state index contributed by atoms with van der Waals surface area (Å²) in [6.07, 6.45) is 6.08. The number of furan rings is 1. The van der Waals surface area contributed by atoms with E-state index in [1.165, 1.54) is 19.4 Å². The lowest BCUT2D eigenvalue weighted by Crippen LogP contribution is -2.19. The Morgan fingerprint density at radius 3 is 2.70 bits per heavy atom. The second-order valence-corrected chi connectivity index (χ2v) is 7.49. The molecular weight excluding hydrogens is 444 g/mol. The Hall–Kier alpha value is -4.17. The van der Waals surface area contributed by atoms with E-state index in [1.807, 2.05) is 6.07 Å². The highest BCUT2D eigenvalue weighted by molar-refractivity contribution is 6.35. The number of ether oxygens (including phenoxy) is 1. The molecule has 33 heavy (non-hydrogen) atoms. The average Bonchev–Trinajstić information content (AvgIpc) is 3.26. The molecule has 0 radical (unpaired) electrons. The Labute approximate surface area is 194 Å². The molecule has 4 aromatic rings. The van der Waals surface area contributed by atoms with Gasteiger partial charge in [0, 0.05) is 29.4 Å². The molecule has 4 rings (SSSR count). The van der Waals surface area contributed by atoms with Crippen molar-refractivity contribution in [3.05, 3.63) is 82.8 Å². The number of esters is 1. The average molecular weight is 463 g/mol. The SMILES string of the molecule is COC(=O)c1ccc(-c2cc(Cl)c3oc(CNC(=O)/C=C/c4ccc(N)nc4)cc3c2)nc1. The molecule has 0 atom stereocenters. The van der Waals surface area contributed by atoms with Gasteiger partial charge in [0.15, 0.2) is 5.58 Å². The van der Waals surface area contributed by atoms with Crippen molar-refractivity contribution >= 4 is 46.3 Å². The topological polar surface area (TPSA) is 120 Å². The standard InChI is InChI=1S/C24H19ClN4O4/c1-32-24(31)15-4-5-20(27-12-15)16-8-17-9-18(33-23(17)19(25)10-16)13-29-22(30)7-3-14-2-6-21(26)28-11-14/h2-12H,13H2,1H3,(H2,26,28)(H,29,30)/b7-3+. The summed E-state index contributed by atoms with van der Waals surface area (Å²) >= 11 is 6.41. The van der Waals surface area contributed by atoms with Gasteiger partial charge in [-0.15, -0.1) is 0 Å². The lowest BCUT2D eigenvalue weighted by molar-refractivity contribution is -0.116. The lowest BCUT2D eigenvalue weighted by atomic mass is 10.1. The van der Waals surface area contributed by atoms with Gasteiger partial charge in [0.1, 0.15) is 11.6 Å². The maximum Gasteiger partial charge on any atom is 0.339 e. The summed E-state index contributed by atoms with van der Waals surface area (Å²) in [5.41, 5.74) is 8.59. The van der Waals surface area contributed by atoms with Crippen LogP contribution in [-0.2, 0) is 16.1 Å². The summed E-state index contributed by atoms with van der Waals surface area (Å²) in [5, 5.41) is 3.95. The van der Waals surface area contributed by atoms with Crippen molar-refractivity contribution in [3.63, 3.8) is 0 Å². The molecule has 0 aliphatic rings. The summed E-state index contributed by atoms with van der Waals surface area (Å²) in [6.45, 7) is 0.190. The number of fused-ring (bicyclic) bond motifs is 1. The highest BCUT2D eigenvalue weighted by Crippen LogP contribution is 2.32. The zero-order valence-electron chi connectivity index (χ0n) is 17.5. The van der Waals surface area contributed by atoms with Gasteiger partial charge < -0.3 is 20.2 Å². The molecule has 0 unspecified atom stereocenters. The van der Waals surface area contributed by atoms with E-state index in [0.717, 1.165) is 16.5 Å². The number of carbonyl (C=O) groups excluding carboxylic acids is 2. The first-order valence-electron chi connectivity index (χ1n) is 9.87. The maximum absolute atomic E-state index is 12.1. The van der Waals surface area contributed by atoms with E-state index in [-0.39, 0.29) is 12.5 Å². The molecule has 1 amide bonds. The van der Waals surface area contributed by atoms with E-state index in [2.05, 4.69) is 20.0 Å². The number of nitrogens with zero attached hydrogens (tertiary/aromatic N) is 2. The number of nitrogen functional groups attached to an aromatic ring is 1. The van der Waals surface area contributed by atoms with Crippen LogP contribution in [-0.4, -0.2) is 29.0 Å². The summed E-state index contributed by atoms with van der Waals surface area (Å²) in [5.74, 6) is 0.226. The summed E-state index contributed by atoms with van der Waals surface area (Å²) in [4.78, 5) is 32.0. The van der Waals surface area contributed by atoms with Gasteiger partial charge in [-0.3, -0.25) is 9.78 Å². The third-order valence-corrected chi connectivity index (χ3v) is 5.06. The number of carbonyl (C=O) groups is 2. The largest absolute Gasteiger partial charge is 0.465 e. The van der Waals surface area contributed by atoms with Crippen molar-refractivity contribution in [2.24, 2.45) is 0 Å². The van der Waals surface area contributed by atoms with Gasteiger partial charge in [0.05, 0.1) is 29.9 Å². The lowest BCUT2D eigenvalue weighted by Gasteiger charge is -2.04. The number of halogens is 1. The molecule has 166 valence electrons. The zero-order chi connectivity index (χ0) is 23.4. The molecule has 3 aromatic heterocycles. The Morgan fingerprint density at radius 1 is 1.15 bits per heavy atom. The Kier molecular flexibility index (Phi) is 6.37. The first-order chi connectivity index (χ1) is 15.9. The van der Waals surface area contributed by atoms with Crippen LogP contribution in [0.25, 0.3) is 28.3 Å². The highest BCUT2D eigenvalue weighted by Gasteiger charge is 2.13. The Balaban J connectivity index is 1.46. The summed E-state index contributed by atoms with van der Waals surface area (Å²) < 4.78 is 10.5. The highest BCUT2D eigenvalue weighted by atomic mass is 35.5. The molecule has 0 bridgehead atoms. The summed E-state index contributed by atoms with van der Waals surface area (Å²) in [7, 11) is 1.32. The zero-order valence-corrected chi connectivity index (χ0v) is 18.3. The number of hydrogen-bond acceptors (Lipinski definition) is 7. The number of methoxy groups -OCH3 is 1. The van der Waals surface area contributed by atoms with Crippen LogP contribution in [0.3, 0.4) is 0 Å². The van der Waals surface area contributed by atoms with Gasteiger partial charge in [-0.2, -0.15) is 0 Å². The van der Waals surface area contributed by atoms with Gasteiger partial charge in [-0.25, -0.2) is 9.78 Å². The number of hydrogen-bond donors (Lipinski definition) is 2. The van der Waals surface area contributed by atoms with Crippen LogP contribution >= 0.6 is 11.6 Å². The number of nitrogens with two attached hydrogens (primary N) is 1. The van der Waals surface area contributed by atoms with Gasteiger partial charge in [0.25, 0.3) is 0 Å². The van der Waals surface area contributed by atoms with Crippen LogP contribution in [0.4, 0.5) is 5.82 Å². The third kappa shape index (κ3) is 5.19. The molecule has 3 N–H and O–H groups in total. The van der Waals surface area contributed by atoms with E-state index in [1.54, 1.807) is 48.7 Å². The number of nitrogens with one attached hydrogen (secondary N) is 1. The molecule has 3 heterocycles. The van der Waals surface area contributed by atoms with Gasteiger partial charge in [-0.05, 0) is 54.1 Å². The predicted molar refractivity (Wildman–Crippen MR) is 125 cm³/mol. The van der Waals surface area contributed by atoms with E-state index >= 15 is 0 Å². The van der Waals surface area contributed by atoms with Crippen molar-refractivity contribution < 1.29 is 18.7 Å². The Bertz CT molecular complexity index is 1350. The second-order valence-electron chi connectivity index (χ2n) is 7.08. The van der Waals surface area contributed by atoms with Crippen molar-refractivity contribution in [2.75, 3.05) is 12.8 Å². The molecule has 1 aromatic carbocycles. The molecule has 0 saturated heterocycles. The van der Waals surface area contributed by atoms with E-state index in [9.17, 15) is 9.59 Å². The van der Waals surface area contributed by atoms with Crippen molar-refractivity contribution in [1.82, 2.24) is 15.3 Å². The molecule has 0 saturated carbocycles.